The number of halogens is 1. The lowest BCUT2D eigenvalue weighted by Crippen LogP contribution is -2.05. The summed E-state index contributed by atoms with van der Waals surface area (Å²) in [5.41, 5.74) is 8.76. The number of rotatable bonds is 2. The standard InChI is InChI=1S/C15H17ClN2O/c16-14-8-11(13-9-18-19-15(13)17)6-7-12(14)10-4-2-1-3-5-10/h6-10H,1-5,17H2. The molecule has 0 amide bonds. The van der Waals surface area contributed by atoms with Gasteiger partial charge in [-0.2, -0.15) is 0 Å². The van der Waals surface area contributed by atoms with E-state index in [2.05, 4.69) is 17.3 Å². The van der Waals surface area contributed by atoms with Crippen molar-refractivity contribution in [1.29, 1.82) is 0 Å². The van der Waals surface area contributed by atoms with Crippen molar-refractivity contribution < 1.29 is 4.52 Å². The Hall–Kier alpha value is -1.48. The second-order valence-corrected chi connectivity index (χ2v) is 5.58. The van der Waals surface area contributed by atoms with Gasteiger partial charge >= 0.3 is 0 Å². The maximum Gasteiger partial charge on any atom is 0.229 e. The lowest BCUT2D eigenvalue weighted by Gasteiger charge is -2.23. The van der Waals surface area contributed by atoms with Crippen LogP contribution in [0.15, 0.2) is 28.9 Å². The van der Waals surface area contributed by atoms with Gasteiger partial charge in [0.25, 0.3) is 0 Å². The second-order valence-electron chi connectivity index (χ2n) is 5.17. The van der Waals surface area contributed by atoms with Gasteiger partial charge in [-0.3, -0.25) is 0 Å². The van der Waals surface area contributed by atoms with E-state index in [0.29, 0.717) is 11.8 Å². The number of hydrogen-bond donors (Lipinski definition) is 1. The van der Waals surface area contributed by atoms with E-state index < -0.39 is 0 Å². The lowest BCUT2D eigenvalue weighted by molar-refractivity contribution is 0.436. The average Bonchev–Trinajstić information content (AvgIpc) is 2.86. The molecule has 0 saturated heterocycles. The summed E-state index contributed by atoms with van der Waals surface area (Å²) in [6.45, 7) is 0. The average molecular weight is 277 g/mol. The summed E-state index contributed by atoms with van der Waals surface area (Å²) in [6.07, 6.45) is 8.08. The number of nitrogens with two attached hydrogens (primary N) is 1. The van der Waals surface area contributed by atoms with Crippen LogP contribution in [0.4, 0.5) is 5.88 Å². The molecule has 2 N–H and O–H groups in total. The third kappa shape index (κ3) is 2.47. The summed E-state index contributed by atoms with van der Waals surface area (Å²) in [5.74, 6) is 0.941. The molecule has 2 aromatic rings. The van der Waals surface area contributed by atoms with Gasteiger partial charge in [0.2, 0.25) is 5.88 Å². The van der Waals surface area contributed by atoms with E-state index in [1.54, 1.807) is 6.20 Å². The fourth-order valence-electron chi connectivity index (χ4n) is 2.90. The number of anilines is 1. The van der Waals surface area contributed by atoms with Gasteiger partial charge in [-0.05, 0) is 36.0 Å². The monoisotopic (exact) mass is 276 g/mol. The Kier molecular flexibility index (Phi) is 3.47. The van der Waals surface area contributed by atoms with Gasteiger partial charge in [-0.15, -0.1) is 0 Å². The topological polar surface area (TPSA) is 52.0 Å². The molecule has 1 saturated carbocycles. The molecule has 100 valence electrons. The molecule has 0 atom stereocenters. The first-order valence-corrected chi connectivity index (χ1v) is 7.13. The highest BCUT2D eigenvalue weighted by Crippen LogP contribution is 2.38. The molecule has 1 aliphatic carbocycles. The third-order valence-electron chi connectivity index (χ3n) is 3.95. The summed E-state index contributed by atoms with van der Waals surface area (Å²) >= 11 is 6.44. The summed E-state index contributed by atoms with van der Waals surface area (Å²) in [4.78, 5) is 0. The van der Waals surface area contributed by atoms with E-state index in [9.17, 15) is 0 Å². The van der Waals surface area contributed by atoms with Crippen LogP contribution < -0.4 is 5.73 Å². The molecule has 1 fully saturated rings. The predicted octanol–water partition coefficient (Wildman–Crippen LogP) is 4.62. The number of hydrogen-bond acceptors (Lipinski definition) is 3. The van der Waals surface area contributed by atoms with Crippen LogP contribution in [0.5, 0.6) is 0 Å². The van der Waals surface area contributed by atoms with Crippen LogP contribution >= 0.6 is 11.6 Å². The second kappa shape index (κ2) is 5.25. The van der Waals surface area contributed by atoms with Gasteiger partial charge in [0.05, 0.1) is 11.8 Å². The van der Waals surface area contributed by atoms with Gasteiger partial charge in [0, 0.05) is 5.02 Å². The van der Waals surface area contributed by atoms with Crippen molar-refractivity contribution in [3.8, 4) is 11.1 Å². The summed E-state index contributed by atoms with van der Waals surface area (Å²) in [7, 11) is 0. The minimum absolute atomic E-state index is 0.335. The van der Waals surface area contributed by atoms with Crippen LogP contribution in [0.25, 0.3) is 11.1 Å². The van der Waals surface area contributed by atoms with E-state index in [1.165, 1.54) is 37.7 Å². The molecule has 0 aliphatic heterocycles. The molecule has 0 unspecified atom stereocenters. The van der Waals surface area contributed by atoms with Crippen molar-refractivity contribution in [1.82, 2.24) is 5.16 Å². The number of benzene rings is 1. The molecule has 1 aliphatic rings. The Bertz CT molecular complexity index is 573. The lowest BCUT2D eigenvalue weighted by atomic mass is 9.83. The summed E-state index contributed by atoms with van der Waals surface area (Å²) in [6, 6.07) is 6.15. The Morgan fingerprint density at radius 3 is 2.63 bits per heavy atom. The maximum absolute atomic E-state index is 6.44. The Morgan fingerprint density at radius 1 is 1.21 bits per heavy atom. The highest BCUT2D eigenvalue weighted by atomic mass is 35.5. The zero-order chi connectivity index (χ0) is 13.2. The molecular weight excluding hydrogens is 260 g/mol. The molecule has 4 heteroatoms. The largest absolute Gasteiger partial charge is 0.367 e. The van der Waals surface area contributed by atoms with E-state index in [0.717, 1.165) is 16.1 Å². The highest BCUT2D eigenvalue weighted by molar-refractivity contribution is 6.31. The molecule has 0 radical (unpaired) electrons. The molecular formula is C15H17ClN2O. The highest BCUT2D eigenvalue weighted by Gasteiger charge is 2.18. The molecule has 1 heterocycles. The van der Waals surface area contributed by atoms with Crippen LogP contribution in [0.3, 0.4) is 0 Å². The van der Waals surface area contributed by atoms with Crippen LogP contribution in [0.2, 0.25) is 5.02 Å². The Balaban J connectivity index is 1.91. The van der Waals surface area contributed by atoms with Crippen LogP contribution in [-0.4, -0.2) is 5.16 Å². The van der Waals surface area contributed by atoms with E-state index in [4.69, 9.17) is 21.9 Å². The molecule has 0 spiro atoms. The van der Waals surface area contributed by atoms with Gasteiger partial charge in [-0.25, -0.2) is 0 Å². The first-order valence-electron chi connectivity index (χ1n) is 6.75. The molecule has 19 heavy (non-hydrogen) atoms. The van der Waals surface area contributed by atoms with Crippen molar-refractivity contribution in [3.05, 3.63) is 35.0 Å². The van der Waals surface area contributed by atoms with Crippen LogP contribution in [-0.2, 0) is 0 Å². The molecule has 1 aromatic carbocycles. The van der Waals surface area contributed by atoms with Crippen molar-refractivity contribution in [3.63, 3.8) is 0 Å². The maximum atomic E-state index is 6.44. The predicted molar refractivity (Wildman–Crippen MR) is 77.2 cm³/mol. The third-order valence-corrected chi connectivity index (χ3v) is 4.28. The SMILES string of the molecule is Nc1oncc1-c1ccc(C2CCCCC2)c(Cl)c1. The van der Waals surface area contributed by atoms with Gasteiger partial charge in [0.1, 0.15) is 0 Å². The quantitative estimate of drug-likeness (QED) is 0.870. The van der Waals surface area contributed by atoms with Crippen LogP contribution in [0, 0.1) is 0 Å². The first kappa shape index (κ1) is 12.5. The van der Waals surface area contributed by atoms with Gasteiger partial charge in [0.15, 0.2) is 0 Å². The Morgan fingerprint density at radius 2 is 2.00 bits per heavy atom. The van der Waals surface area contributed by atoms with E-state index in [1.807, 2.05) is 6.07 Å². The van der Waals surface area contributed by atoms with Gasteiger partial charge < -0.3 is 10.3 Å². The number of aromatic nitrogens is 1. The zero-order valence-electron chi connectivity index (χ0n) is 10.7. The van der Waals surface area contributed by atoms with Crippen LogP contribution in [0.1, 0.15) is 43.6 Å². The normalized spacial score (nSPS) is 16.7. The van der Waals surface area contributed by atoms with Crippen molar-refractivity contribution in [2.45, 2.75) is 38.0 Å². The van der Waals surface area contributed by atoms with Gasteiger partial charge in [-0.1, -0.05) is 48.2 Å². The minimum Gasteiger partial charge on any atom is -0.367 e. The van der Waals surface area contributed by atoms with Crippen molar-refractivity contribution in [2.24, 2.45) is 0 Å². The van der Waals surface area contributed by atoms with Crippen molar-refractivity contribution in [2.75, 3.05) is 5.73 Å². The number of nitrogen functional groups attached to an aromatic ring is 1. The Labute approximate surface area is 117 Å². The fraction of sp³-hybridized carbons (Fsp3) is 0.400. The smallest absolute Gasteiger partial charge is 0.229 e. The summed E-state index contributed by atoms with van der Waals surface area (Å²) < 4.78 is 4.89. The van der Waals surface area contributed by atoms with Crippen molar-refractivity contribution >= 4 is 17.5 Å². The fourth-order valence-corrected chi connectivity index (χ4v) is 3.24. The minimum atomic E-state index is 0.335. The molecule has 3 nitrogen and oxygen atoms in total. The zero-order valence-corrected chi connectivity index (χ0v) is 11.5. The van der Waals surface area contributed by atoms with E-state index in [-0.39, 0.29) is 0 Å². The first-order chi connectivity index (χ1) is 9.25. The summed E-state index contributed by atoms with van der Waals surface area (Å²) in [5, 5.41) is 4.52. The molecule has 0 bridgehead atoms. The van der Waals surface area contributed by atoms with E-state index >= 15 is 0 Å². The number of nitrogens with zero attached hydrogens (tertiary/aromatic N) is 1. The molecule has 1 aromatic heterocycles. The molecule has 3 rings (SSSR count).